The highest BCUT2D eigenvalue weighted by Crippen LogP contribution is 2.29. The molecular weight excluding hydrogens is 257 g/mol. The smallest absolute Gasteiger partial charge is 0.313 e. The van der Waals surface area contributed by atoms with Crippen molar-refractivity contribution in [2.45, 2.75) is 51.9 Å². The minimum atomic E-state index is -0.470. The summed E-state index contributed by atoms with van der Waals surface area (Å²) in [7, 11) is 0. The second-order valence-electron chi connectivity index (χ2n) is 4.93. The first-order valence-corrected chi connectivity index (χ1v) is 7.31. The van der Waals surface area contributed by atoms with Crippen LogP contribution in [-0.4, -0.2) is 12.6 Å². The number of esters is 1. The zero-order valence-electron chi connectivity index (χ0n) is 12.3. The fraction of sp³-hybridized carbons (Fsp3) is 0.562. The third kappa shape index (κ3) is 4.83. The molecule has 0 bridgehead atoms. The van der Waals surface area contributed by atoms with Gasteiger partial charge in [0.1, 0.15) is 5.82 Å². The van der Waals surface area contributed by atoms with E-state index in [1.54, 1.807) is 6.92 Å². The van der Waals surface area contributed by atoms with Gasteiger partial charge in [-0.15, -0.1) is 0 Å². The second-order valence-corrected chi connectivity index (χ2v) is 4.93. The molecule has 0 saturated heterocycles. The molecule has 0 amide bonds. The van der Waals surface area contributed by atoms with Crippen LogP contribution in [0.5, 0.6) is 0 Å². The monoisotopic (exact) mass is 281 g/mol. The van der Waals surface area contributed by atoms with Crippen LogP contribution in [0.15, 0.2) is 18.2 Å². The molecule has 1 unspecified atom stereocenters. The van der Waals surface area contributed by atoms with Gasteiger partial charge in [0.2, 0.25) is 0 Å². The SMILES string of the molecule is CCCCCCC(C(=O)OCC)c1cc(F)ccc1N. The molecule has 1 aromatic carbocycles. The lowest BCUT2D eigenvalue weighted by molar-refractivity contribution is -0.145. The van der Waals surface area contributed by atoms with Crippen LogP contribution < -0.4 is 5.73 Å². The van der Waals surface area contributed by atoms with Crippen LogP contribution in [-0.2, 0) is 9.53 Å². The Labute approximate surface area is 120 Å². The molecule has 1 rings (SSSR count). The molecular formula is C16H24FNO2. The maximum Gasteiger partial charge on any atom is 0.313 e. The first kappa shape index (κ1) is 16.5. The predicted molar refractivity (Wildman–Crippen MR) is 78.9 cm³/mol. The predicted octanol–water partition coefficient (Wildman–Crippen LogP) is 4.03. The molecule has 0 saturated carbocycles. The minimum Gasteiger partial charge on any atom is -0.466 e. The number of benzene rings is 1. The van der Waals surface area contributed by atoms with Crippen molar-refractivity contribution in [1.82, 2.24) is 0 Å². The zero-order chi connectivity index (χ0) is 15.0. The highest BCUT2D eigenvalue weighted by molar-refractivity contribution is 5.80. The molecule has 0 fully saturated rings. The van der Waals surface area contributed by atoms with Crippen LogP contribution in [0.1, 0.15) is 57.4 Å². The minimum absolute atomic E-state index is 0.318. The van der Waals surface area contributed by atoms with E-state index in [1.807, 2.05) is 0 Å². The summed E-state index contributed by atoms with van der Waals surface area (Å²) in [5, 5.41) is 0. The van der Waals surface area contributed by atoms with Gasteiger partial charge in [-0.25, -0.2) is 4.39 Å². The van der Waals surface area contributed by atoms with E-state index in [2.05, 4.69) is 6.92 Å². The van der Waals surface area contributed by atoms with Gasteiger partial charge < -0.3 is 10.5 Å². The number of anilines is 1. The Morgan fingerprint density at radius 3 is 2.70 bits per heavy atom. The maximum absolute atomic E-state index is 13.4. The van der Waals surface area contributed by atoms with E-state index in [1.165, 1.54) is 18.2 Å². The molecule has 20 heavy (non-hydrogen) atoms. The number of hydrogen-bond acceptors (Lipinski definition) is 3. The van der Waals surface area contributed by atoms with Crippen LogP contribution in [0.3, 0.4) is 0 Å². The first-order valence-electron chi connectivity index (χ1n) is 7.31. The van der Waals surface area contributed by atoms with Gasteiger partial charge >= 0.3 is 5.97 Å². The second kappa shape index (κ2) is 8.56. The Morgan fingerprint density at radius 2 is 2.05 bits per heavy atom. The van der Waals surface area contributed by atoms with Gasteiger partial charge in [0.25, 0.3) is 0 Å². The molecule has 0 spiro atoms. The third-order valence-electron chi connectivity index (χ3n) is 3.34. The molecule has 2 N–H and O–H groups in total. The number of rotatable bonds is 8. The zero-order valence-corrected chi connectivity index (χ0v) is 12.3. The molecule has 0 aliphatic heterocycles. The van der Waals surface area contributed by atoms with E-state index >= 15 is 0 Å². The molecule has 112 valence electrons. The van der Waals surface area contributed by atoms with E-state index in [4.69, 9.17) is 10.5 Å². The van der Waals surface area contributed by atoms with Gasteiger partial charge in [-0.2, -0.15) is 0 Å². The summed E-state index contributed by atoms with van der Waals surface area (Å²) in [6, 6.07) is 4.15. The summed E-state index contributed by atoms with van der Waals surface area (Å²) < 4.78 is 18.5. The molecule has 0 heterocycles. The van der Waals surface area contributed by atoms with E-state index in [-0.39, 0.29) is 11.8 Å². The van der Waals surface area contributed by atoms with Gasteiger partial charge in [0.15, 0.2) is 0 Å². The van der Waals surface area contributed by atoms with Crippen molar-refractivity contribution in [3.05, 3.63) is 29.6 Å². The van der Waals surface area contributed by atoms with Crippen LogP contribution in [0.4, 0.5) is 10.1 Å². The first-order chi connectivity index (χ1) is 9.60. The molecule has 0 aliphatic rings. The Balaban J connectivity index is 2.85. The standard InChI is InChI=1S/C16H24FNO2/c1-3-5-6-7-8-13(16(19)20-4-2)14-11-12(17)9-10-15(14)18/h9-11,13H,3-8,18H2,1-2H3. The van der Waals surface area contributed by atoms with Crippen LogP contribution in [0, 0.1) is 5.82 Å². The quantitative estimate of drug-likeness (QED) is 0.445. The van der Waals surface area contributed by atoms with Crippen LogP contribution in [0.25, 0.3) is 0 Å². The van der Waals surface area contributed by atoms with E-state index in [0.29, 0.717) is 24.3 Å². The molecule has 0 radical (unpaired) electrons. The molecule has 0 aromatic heterocycles. The Kier molecular flexibility index (Phi) is 7.05. The Hall–Kier alpha value is -1.58. The molecule has 3 nitrogen and oxygen atoms in total. The summed E-state index contributed by atoms with van der Waals surface area (Å²) in [6.07, 6.45) is 4.88. The average Bonchev–Trinajstić information content (AvgIpc) is 2.42. The number of nitrogen functional groups attached to an aromatic ring is 1. The van der Waals surface area contributed by atoms with Gasteiger partial charge in [0.05, 0.1) is 12.5 Å². The Morgan fingerprint density at radius 1 is 1.30 bits per heavy atom. The lowest BCUT2D eigenvalue weighted by Gasteiger charge is -2.17. The summed E-state index contributed by atoms with van der Waals surface area (Å²) in [5.41, 5.74) is 6.87. The Bertz CT molecular complexity index is 434. The molecule has 1 atom stereocenters. The molecule has 4 heteroatoms. The fourth-order valence-corrected chi connectivity index (χ4v) is 2.27. The van der Waals surface area contributed by atoms with Crippen molar-refractivity contribution in [3.8, 4) is 0 Å². The van der Waals surface area contributed by atoms with Crippen molar-refractivity contribution < 1.29 is 13.9 Å². The number of nitrogens with two attached hydrogens (primary N) is 1. The fourth-order valence-electron chi connectivity index (χ4n) is 2.27. The number of ether oxygens (including phenoxy) is 1. The van der Waals surface area contributed by atoms with Crippen molar-refractivity contribution in [3.63, 3.8) is 0 Å². The molecule has 1 aromatic rings. The van der Waals surface area contributed by atoms with Crippen molar-refractivity contribution in [2.24, 2.45) is 0 Å². The van der Waals surface area contributed by atoms with Crippen molar-refractivity contribution >= 4 is 11.7 Å². The number of unbranched alkanes of at least 4 members (excludes halogenated alkanes) is 3. The van der Waals surface area contributed by atoms with E-state index in [0.717, 1.165) is 25.7 Å². The highest BCUT2D eigenvalue weighted by atomic mass is 19.1. The number of halogens is 1. The normalized spacial score (nSPS) is 12.2. The van der Waals surface area contributed by atoms with Crippen molar-refractivity contribution in [1.29, 1.82) is 0 Å². The van der Waals surface area contributed by atoms with Crippen LogP contribution >= 0.6 is 0 Å². The topological polar surface area (TPSA) is 52.3 Å². The summed E-state index contributed by atoms with van der Waals surface area (Å²) in [6.45, 7) is 4.22. The lowest BCUT2D eigenvalue weighted by atomic mass is 9.91. The lowest BCUT2D eigenvalue weighted by Crippen LogP contribution is -2.17. The number of carbonyl (C=O) groups is 1. The van der Waals surface area contributed by atoms with E-state index < -0.39 is 5.92 Å². The summed E-state index contributed by atoms with van der Waals surface area (Å²) in [5.74, 6) is -1.17. The van der Waals surface area contributed by atoms with Gasteiger partial charge in [0, 0.05) is 5.69 Å². The molecule has 0 aliphatic carbocycles. The highest BCUT2D eigenvalue weighted by Gasteiger charge is 2.24. The summed E-state index contributed by atoms with van der Waals surface area (Å²) in [4.78, 5) is 12.1. The van der Waals surface area contributed by atoms with Gasteiger partial charge in [-0.05, 0) is 37.1 Å². The van der Waals surface area contributed by atoms with E-state index in [9.17, 15) is 9.18 Å². The van der Waals surface area contributed by atoms with Crippen LogP contribution in [0.2, 0.25) is 0 Å². The maximum atomic E-state index is 13.4. The van der Waals surface area contributed by atoms with Gasteiger partial charge in [-0.3, -0.25) is 4.79 Å². The summed E-state index contributed by atoms with van der Waals surface area (Å²) >= 11 is 0. The number of carbonyl (C=O) groups excluding carboxylic acids is 1. The number of hydrogen-bond donors (Lipinski definition) is 1. The van der Waals surface area contributed by atoms with Crippen molar-refractivity contribution in [2.75, 3.05) is 12.3 Å². The largest absolute Gasteiger partial charge is 0.466 e. The van der Waals surface area contributed by atoms with Gasteiger partial charge in [-0.1, -0.05) is 32.6 Å². The average molecular weight is 281 g/mol. The third-order valence-corrected chi connectivity index (χ3v) is 3.34.